The zero-order valence-corrected chi connectivity index (χ0v) is 14.7. The molecule has 1 N–H and O–H groups in total. The summed E-state index contributed by atoms with van der Waals surface area (Å²) in [5.74, 6) is 0.296. The van der Waals surface area contributed by atoms with E-state index in [0.717, 1.165) is 22.4 Å². The Labute approximate surface area is 156 Å². The van der Waals surface area contributed by atoms with Gasteiger partial charge in [0.25, 0.3) is 0 Å². The number of halogens is 1. The summed E-state index contributed by atoms with van der Waals surface area (Å²) in [5, 5.41) is 2.95. The van der Waals surface area contributed by atoms with E-state index in [1.54, 1.807) is 23.2 Å². The summed E-state index contributed by atoms with van der Waals surface area (Å²) in [6.45, 7) is 1.59. The molecule has 0 bridgehead atoms. The normalized spacial score (nSPS) is 13.1. The molecule has 136 valence electrons. The zero-order valence-electron chi connectivity index (χ0n) is 14.7. The van der Waals surface area contributed by atoms with Crippen LogP contribution in [0.5, 0.6) is 0 Å². The van der Waals surface area contributed by atoms with Crippen molar-refractivity contribution in [3.8, 4) is 11.4 Å². The van der Waals surface area contributed by atoms with E-state index in [-0.39, 0.29) is 11.8 Å². The molecule has 0 unspecified atom stereocenters. The monoisotopic (exact) mass is 362 g/mol. The molecule has 0 spiro atoms. The number of nitrogens with one attached hydrogen (secondary N) is 1. The molecule has 4 rings (SSSR count). The maximum Gasteiger partial charge on any atom is 0.317 e. The van der Waals surface area contributed by atoms with Crippen molar-refractivity contribution in [1.29, 1.82) is 0 Å². The Morgan fingerprint density at radius 2 is 1.89 bits per heavy atom. The van der Waals surface area contributed by atoms with Gasteiger partial charge in [-0.25, -0.2) is 19.2 Å². The van der Waals surface area contributed by atoms with Crippen LogP contribution in [0.4, 0.5) is 9.18 Å². The molecule has 0 fully saturated rings. The van der Waals surface area contributed by atoms with Crippen LogP contribution in [0.15, 0.2) is 60.8 Å². The molecule has 2 heterocycles. The maximum absolute atomic E-state index is 13.1. The molecule has 1 aliphatic heterocycles. The van der Waals surface area contributed by atoms with Crippen LogP contribution in [0.1, 0.15) is 16.8 Å². The predicted molar refractivity (Wildman–Crippen MR) is 100 cm³/mol. The second-order valence-electron chi connectivity index (χ2n) is 6.49. The first kappa shape index (κ1) is 17.1. The van der Waals surface area contributed by atoms with Crippen LogP contribution in [-0.4, -0.2) is 27.4 Å². The molecular formula is C21H19FN4O. The van der Waals surface area contributed by atoms with Crippen molar-refractivity contribution < 1.29 is 9.18 Å². The van der Waals surface area contributed by atoms with Gasteiger partial charge in [-0.05, 0) is 29.8 Å². The minimum atomic E-state index is -0.283. The molecule has 5 nitrogen and oxygen atoms in total. The molecule has 3 aromatic rings. The minimum absolute atomic E-state index is 0.0906. The van der Waals surface area contributed by atoms with E-state index < -0.39 is 0 Å². The topological polar surface area (TPSA) is 58.1 Å². The first-order chi connectivity index (χ1) is 13.2. The highest BCUT2D eigenvalue weighted by Gasteiger charge is 2.22. The molecule has 6 heteroatoms. The number of nitrogens with zero attached hydrogens (tertiary/aromatic N) is 3. The van der Waals surface area contributed by atoms with Crippen LogP contribution in [-0.2, 0) is 19.5 Å². The molecule has 0 atom stereocenters. The molecule has 1 aromatic heterocycles. The van der Waals surface area contributed by atoms with Gasteiger partial charge in [-0.2, -0.15) is 0 Å². The molecular weight excluding hydrogens is 343 g/mol. The summed E-state index contributed by atoms with van der Waals surface area (Å²) in [6, 6.07) is 15.9. The van der Waals surface area contributed by atoms with Crippen LogP contribution in [0.2, 0.25) is 0 Å². The summed E-state index contributed by atoms with van der Waals surface area (Å²) in [5.41, 5.74) is 3.73. The van der Waals surface area contributed by atoms with Crippen molar-refractivity contribution in [2.45, 2.75) is 19.5 Å². The Morgan fingerprint density at radius 1 is 1.11 bits per heavy atom. The fraction of sp³-hybridized carbons (Fsp3) is 0.190. The number of rotatable bonds is 3. The number of urea groups is 1. The number of aromatic nitrogens is 2. The lowest BCUT2D eigenvalue weighted by atomic mass is 10.1. The van der Waals surface area contributed by atoms with Crippen molar-refractivity contribution in [1.82, 2.24) is 20.2 Å². The summed E-state index contributed by atoms with van der Waals surface area (Å²) in [6.07, 6.45) is 2.43. The van der Waals surface area contributed by atoms with E-state index >= 15 is 0 Å². The highest BCUT2D eigenvalue weighted by molar-refractivity contribution is 5.74. The van der Waals surface area contributed by atoms with Gasteiger partial charge in [0.05, 0.1) is 12.2 Å². The number of carbonyl (C=O) groups excluding carboxylic acids is 1. The van der Waals surface area contributed by atoms with Gasteiger partial charge >= 0.3 is 6.03 Å². The van der Waals surface area contributed by atoms with E-state index in [9.17, 15) is 9.18 Å². The van der Waals surface area contributed by atoms with Gasteiger partial charge in [-0.3, -0.25) is 0 Å². The third kappa shape index (κ3) is 3.95. The summed E-state index contributed by atoms with van der Waals surface area (Å²) < 4.78 is 13.1. The SMILES string of the molecule is O=C(NCc1ccccc1)N1CCc2nc(-c3ccc(F)cc3)ncc2C1. The molecule has 27 heavy (non-hydrogen) atoms. The van der Waals surface area contributed by atoms with Crippen LogP contribution >= 0.6 is 0 Å². The Kier molecular flexibility index (Phi) is 4.78. The number of hydrogen-bond acceptors (Lipinski definition) is 3. The first-order valence-electron chi connectivity index (χ1n) is 8.86. The van der Waals surface area contributed by atoms with Crippen LogP contribution in [0.25, 0.3) is 11.4 Å². The summed E-state index contributed by atoms with van der Waals surface area (Å²) in [7, 11) is 0. The van der Waals surface area contributed by atoms with Gasteiger partial charge in [0, 0.05) is 36.8 Å². The van der Waals surface area contributed by atoms with Crippen LogP contribution in [0.3, 0.4) is 0 Å². The lowest BCUT2D eigenvalue weighted by Gasteiger charge is -2.28. The predicted octanol–water partition coefficient (Wildman–Crippen LogP) is 3.55. The van der Waals surface area contributed by atoms with Gasteiger partial charge in [-0.1, -0.05) is 30.3 Å². The fourth-order valence-electron chi connectivity index (χ4n) is 3.11. The van der Waals surface area contributed by atoms with Gasteiger partial charge in [0.1, 0.15) is 5.82 Å². The Balaban J connectivity index is 1.42. The van der Waals surface area contributed by atoms with Crippen molar-refractivity contribution in [3.63, 3.8) is 0 Å². The third-order valence-corrected chi connectivity index (χ3v) is 4.61. The minimum Gasteiger partial charge on any atom is -0.334 e. The molecule has 2 aromatic carbocycles. The van der Waals surface area contributed by atoms with Crippen molar-refractivity contribution in [2.24, 2.45) is 0 Å². The second kappa shape index (κ2) is 7.53. The Hall–Kier alpha value is -3.28. The van der Waals surface area contributed by atoms with Gasteiger partial charge in [0.2, 0.25) is 0 Å². The Bertz CT molecular complexity index is 944. The van der Waals surface area contributed by atoms with E-state index in [1.165, 1.54) is 12.1 Å². The number of carbonyl (C=O) groups is 1. The lowest BCUT2D eigenvalue weighted by molar-refractivity contribution is 0.191. The number of hydrogen-bond donors (Lipinski definition) is 1. The summed E-state index contributed by atoms with van der Waals surface area (Å²) in [4.78, 5) is 23.2. The van der Waals surface area contributed by atoms with E-state index in [4.69, 9.17) is 0 Å². The van der Waals surface area contributed by atoms with E-state index in [0.29, 0.717) is 31.9 Å². The standard InChI is InChI=1S/C21H19FN4O/c22-18-8-6-16(7-9-18)20-23-13-17-14-26(11-10-19(17)25-20)21(27)24-12-15-4-2-1-3-5-15/h1-9,13H,10-12,14H2,(H,24,27). The van der Waals surface area contributed by atoms with Crippen molar-refractivity contribution in [2.75, 3.05) is 6.54 Å². The third-order valence-electron chi connectivity index (χ3n) is 4.61. The first-order valence-corrected chi connectivity index (χ1v) is 8.86. The highest BCUT2D eigenvalue weighted by atomic mass is 19.1. The molecule has 0 saturated carbocycles. The molecule has 0 aliphatic carbocycles. The lowest BCUT2D eigenvalue weighted by Crippen LogP contribution is -2.42. The van der Waals surface area contributed by atoms with Gasteiger partial charge in [-0.15, -0.1) is 0 Å². The highest BCUT2D eigenvalue weighted by Crippen LogP contribution is 2.21. The molecule has 0 radical (unpaired) electrons. The van der Waals surface area contributed by atoms with Crippen molar-refractivity contribution >= 4 is 6.03 Å². The number of benzene rings is 2. The summed E-state index contributed by atoms with van der Waals surface area (Å²) >= 11 is 0. The largest absolute Gasteiger partial charge is 0.334 e. The zero-order chi connectivity index (χ0) is 18.6. The average Bonchev–Trinajstić information content (AvgIpc) is 2.72. The molecule has 0 saturated heterocycles. The second-order valence-corrected chi connectivity index (χ2v) is 6.49. The number of fused-ring (bicyclic) bond motifs is 1. The number of amides is 2. The van der Waals surface area contributed by atoms with E-state index in [1.807, 2.05) is 30.3 Å². The molecule has 2 amide bonds. The quantitative estimate of drug-likeness (QED) is 0.775. The maximum atomic E-state index is 13.1. The van der Waals surface area contributed by atoms with Crippen LogP contribution in [0, 0.1) is 5.82 Å². The van der Waals surface area contributed by atoms with Gasteiger partial charge in [0.15, 0.2) is 5.82 Å². The van der Waals surface area contributed by atoms with Crippen LogP contribution < -0.4 is 5.32 Å². The Morgan fingerprint density at radius 3 is 2.67 bits per heavy atom. The van der Waals surface area contributed by atoms with Gasteiger partial charge < -0.3 is 10.2 Å². The smallest absolute Gasteiger partial charge is 0.317 e. The fourth-order valence-corrected chi connectivity index (χ4v) is 3.11. The van der Waals surface area contributed by atoms with Crippen molar-refractivity contribution in [3.05, 3.63) is 83.4 Å². The molecule has 1 aliphatic rings. The average molecular weight is 362 g/mol. The van der Waals surface area contributed by atoms with E-state index in [2.05, 4.69) is 15.3 Å².